The van der Waals surface area contributed by atoms with Crippen molar-refractivity contribution in [2.24, 2.45) is 5.73 Å². The summed E-state index contributed by atoms with van der Waals surface area (Å²) in [5.41, 5.74) is 12.2. The average molecular weight is 492 g/mol. The summed E-state index contributed by atoms with van der Waals surface area (Å²) in [4.78, 5) is 18.7. The molecule has 1 heterocycles. The van der Waals surface area contributed by atoms with Gasteiger partial charge in [0.1, 0.15) is 17.3 Å². The van der Waals surface area contributed by atoms with Gasteiger partial charge >= 0.3 is 0 Å². The third kappa shape index (κ3) is 4.84. The van der Waals surface area contributed by atoms with Crippen molar-refractivity contribution in [2.75, 3.05) is 14.2 Å². The molecule has 1 aromatic heterocycles. The van der Waals surface area contributed by atoms with Gasteiger partial charge < -0.3 is 15.2 Å². The summed E-state index contributed by atoms with van der Waals surface area (Å²) in [5.74, 6) is 2.06. The van der Waals surface area contributed by atoms with Gasteiger partial charge in [-0.05, 0) is 60.0 Å². The van der Waals surface area contributed by atoms with Crippen LogP contribution in [-0.2, 0) is 13.1 Å². The van der Waals surface area contributed by atoms with E-state index in [2.05, 4.69) is 0 Å². The quantitative estimate of drug-likeness (QED) is 0.322. The van der Waals surface area contributed by atoms with Crippen LogP contribution in [0.1, 0.15) is 16.7 Å². The molecule has 6 heteroatoms. The Morgan fingerprint density at radius 3 is 2.32 bits per heavy atom. The summed E-state index contributed by atoms with van der Waals surface area (Å²) >= 11 is 0. The number of benzene rings is 4. The normalized spacial score (nSPS) is 11.0. The number of fused-ring (bicyclic) bond motifs is 1. The number of aryl methyl sites for hydroxylation is 1. The summed E-state index contributed by atoms with van der Waals surface area (Å²) in [7, 11) is 3.29. The van der Waals surface area contributed by atoms with E-state index in [-0.39, 0.29) is 5.56 Å². The molecular formula is C31H29N3O3. The molecule has 5 rings (SSSR count). The molecule has 2 N–H and O–H groups in total. The first-order valence-electron chi connectivity index (χ1n) is 12.1. The topological polar surface area (TPSA) is 79.4 Å². The fraction of sp³-hybridized carbons (Fsp3) is 0.161. The molecule has 0 bridgehead atoms. The van der Waals surface area contributed by atoms with Gasteiger partial charge in [0.15, 0.2) is 0 Å². The molecule has 0 unspecified atom stereocenters. The van der Waals surface area contributed by atoms with Gasteiger partial charge in [-0.3, -0.25) is 9.36 Å². The number of nitrogens with zero attached hydrogens (tertiary/aromatic N) is 2. The Morgan fingerprint density at radius 1 is 0.838 bits per heavy atom. The molecule has 5 aromatic rings. The number of hydrogen-bond donors (Lipinski definition) is 1. The summed E-state index contributed by atoms with van der Waals surface area (Å²) in [6, 6.07) is 27.5. The number of rotatable bonds is 7. The summed E-state index contributed by atoms with van der Waals surface area (Å²) in [5, 5.41) is 0.598. The summed E-state index contributed by atoms with van der Waals surface area (Å²) < 4.78 is 12.8. The van der Waals surface area contributed by atoms with Crippen molar-refractivity contribution in [1.82, 2.24) is 9.55 Å². The van der Waals surface area contributed by atoms with Crippen molar-refractivity contribution in [3.63, 3.8) is 0 Å². The van der Waals surface area contributed by atoms with Crippen LogP contribution in [0.15, 0.2) is 89.7 Å². The Morgan fingerprint density at radius 2 is 1.59 bits per heavy atom. The first-order chi connectivity index (χ1) is 18.0. The SMILES string of the molecule is COc1ccc(-c2ccc(-c3nc4ccc(C)cc4c(=O)n3Cc3cccc(CN)c3)cc2OC)cc1. The van der Waals surface area contributed by atoms with Crippen LogP contribution in [0.4, 0.5) is 0 Å². The number of nitrogens with two attached hydrogens (primary N) is 1. The summed E-state index contributed by atoms with van der Waals surface area (Å²) in [6.07, 6.45) is 0. The molecule has 0 amide bonds. The van der Waals surface area contributed by atoms with Crippen molar-refractivity contribution in [1.29, 1.82) is 0 Å². The minimum atomic E-state index is -0.0833. The number of ether oxygens (including phenoxy) is 2. The van der Waals surface area contributed by atoms with Crippen LogP contribution in [0, 0.1) is 6.92 Å². The maximum absolute atomic E-state index is 13.8. The van der Waals surface area contributed by atoms with E-state index in [1.54, 1.807) is 18.8 Å². The molecular weight excluding hydrogens is 462 g/mol. The van der Waals surface area contributed by atoms with E-state index in [1.165, 1.54) is 0 Å². The van der Waals surface area contributed by atoms with Crippen LogP contribution < -0.4 is 20.8 Å². The Hall–Kier alpha value is -4.42. The molecule has 0 aliphatic heterocycles. The second-order valence-corrected chi connectivity index (χ2v) is 9.01. The highest BCUT2D eigenvalue weighted by molar-refractivity contribution is 5.81. The Bertz CT molecular complexity index is 1640. The van der Waals surface area contributed by atoms with Crippen LogP contribution in [0.3, 0.4) is 0 Å². The fourth-order valence-corrected chi connectivity index (χ4v) is 4.58. The standard InChI is InChI=1S/C31H29N3O3/c1-20-7-14-28-27(15-20)31(35)34(19-22-6-4-5-21(16-22)18-32)30(33-28)24-10-13-26(29(17-24)37-3)23-8-11-25(36-2)12-9-23/h4-17H,18-19,32H2,1-3H3. The lowest BCUT2D eigenvalue weighted by Gasteiger charge is -2.17. The second kappa shape index (κ2) is 10.3. The largest absolute Gasteiger partial charge is 0.497 e. The zero-order valence-electron chi connectivity index (χ0n) is 21.2. The molecule has 0 saturated carbocycles. The van der Waals surface area contributed by atoms with Gasteiger partial charge in [-0.15, -0.1) is 0 Å². The van der Waals surface area contributed by atoms with Gasteiger partial charge in [-0.25, -0.2) is 4.98 Å². The third-order valence-electron chi connectivity index (χ3n) is 6.54. The number of hydrogen-bond acceptors (Lipinski definition) is 5. The van der Waals surface area contributed by atoms with E-state index in [0.29, 0.717) is 35.6 Å². The lowest BCUT2D eigenvalue weighted by Crippen LogP contribution is -2.24. The zero-order valence-corrected chi connectivity index (χ0v) is 21.2. The Balaban J connectivity index is 1.67. The molecule has 0 fully saturated rings. The highest BCUT2D eigenvalue weighted by Gasteiger charge is 2.16. The van der Waals surface area contributed by atoms with Crippen molar-refractivity contribution < 1.29 is 9.47 Å². The average Bonchev–Trinajstić information content (AvgIpc) is 2.94. The van der Waals surface area contributed by atoms with Gasteiger partial charge in [0.2, 0.25) is 0 Å². The predicted molar refractivity (Wildman–Crippen MR) is 148 cm³/mol. The van der Waals surface area contributed by atoms with Gasteiger partial charge in [-0.1, -0.05) is 54.1 Å². The van der Waals surface area contributed by atoms with E-state index in [9.17, 15) is 4.79 Å². The fourth-order valence-electron chi connectivity index (χ4n) is 4.58. The van der Waals surface area contributed by atoms with Crippen LogP contribution in [-0.4, -0.2) is 23.8 Å². The molecule has 0 saturated heterocycles. The first kappa shape index (κ1) is 24.3. The van der Waals surface area contributed by atoms with Crippen LogP contribution in [0.25, 0.3) is 33.4 Å². The highest BCUT2D eigenvalue weighted by atomic mass is 16.5. The second-order valence-electron chi connectivity index (χ2n) is 9.01. The Kier molecular flexibility index (Phi) is 6.75. The predicted octanol–water partition coefficient (Wildman–Crippen LogP) is 5.56. The van der Waals surface area contributed by atoms with Crippen LogP contribution in [0.2, 0.25) is 0 Å². The van der Waals surface area contributed by atoms with Gasteiger partial charge in [0.05, 0.1) is 31.7 Å². The van der Waals surface area contributed by atoms with E-state index in [0.717, 1.165) is 39.1 Å². The lowest BCUT2D eigenvalue weighted by molar-refractivity contribution is 0.414. The lowest BCUT2D eigenvalue weighted by atomic mass is 10.0. The van der Waals surface area contributed by atoms with Crippen molar-refractivity contribution in [3.05, 3.63) is 112 Å². The molecule has 37 heavy (non-hydrogen) atoms. The minimum Gasteiger partial charge on any atom is -0.497 e. The van der Waals surface area contributed by atoms with Crippen molar-refractivity contribution in [3.8, 4) is 34.0 Å². The molecule has 0 atom stereocenters. The van der Waals surface area contributed by atoms with Crippen LogP contribution in [0.5, 0.6) is 11.5 Å². The van der Waals surface area contributed by atoms with Crippen molar-refractivity contribution >= 4 is 10.9 Å². The van der Waals surface area contributed by atoms with E-state index >= 15 is 0 Å². The first-order valence-corrected chi connectivity index (χ1v) is 12.1. The molecule has 0 aliphatic carbocycles. The molecule has 0 spiro atoms. The minimum absolute atomic E-state index is 0.0833. The third-order valence-corrected chi connectivity index (χ3v) is 6.54. The number of methoxy groups -OCH3 is 2. The van der Waals surface area contributed by atoms with E-state index in [1.807, 2.05) is 91.9 Å². The molecule has 4 aromatic carbocycles. The number of aromatic nitrogens is 2. The smallest absolute Gasteiger partial charge is 0.261 e. The van der Waals surface area contributed by atoms with Gasteiger partial charge in [0.25, 0.3) is 5.56 Å². The molecule has 0 radical (unpaired) electrons. The summed E-state index contributed by atoms with van der Waals surface area (Å²) in [6.45, 7) is 2.79. The maximum Gasteiger partial charge on any atom is 0.261 e. The molecule has 6 nitrogen and oxygen atoms in total. The van der Waals surface area contributed by atoms with E-state index in [4.69, 9.17) is 20.2 Å². The maximum atomic E-state index is 13.8. The molecule has 186 valence electrons. The van der Waals surface area contributed by atoms with E-state index < -0.39 is 0 Å². The monoisotopic (exact) mass is 491 g/mol. The van der Waals surface area contributed by atoms with Crippen LogP contribution >= 0.6 is 0 Å². The van der Waals surface area contributed by atoms with Crippen molar-refractivity contribution in [2.45, 2.75) is 20.0 Å². The van der Waals surface area contributed by atoms with Gasteiger partial charge in [-0.2, -0.15) is 0 Å². The molecule has 0 aliphatic rings. The Labute approximate surface area is 215 Å². The zero-order chi connectivity index (χ0) is 25.9. The highest BCUT2D eigenvalue weighted by Crippen LogP contribution is 2.35. The van der Waals surface area contributed by atoms with Gasteiger partial charge in [0, 0.05) is 17.7 Å².